The van der Waals surface area contributed by atoms with Crippen LogP contribution in [0.2, 0.25) is 0 Å². The molecule has 0 saturated carbocycles. The van der Waals surface area contributed by atoms with Crippen molar-refractivity contribution in [2.75, 3.05) is 13.1 Å². The Labute approximate surface area is 91.1 Å². The number of piperidine rings is 1. The van der Waals surface area contributed by atoms with E-state index in [1.807, 2.05) is 6.92 Å². The number of aromatic nitrogens is 3. The second-order valence-corrected chi connectivity index (χ2v) is 4.63. The van der Waals surface area contributed by atoms with Crippen molar-refractivity contribution in [3.05, 3.63) is 11.6 Å². The van der Waals surface area contributed by atoms with Gasteiger partial charge >= 0.3 is 0 Å². The summed E-state index contributed by atoms with van der Waals surface area (Å²) < 4.78 is 2.32. The van der Waals surface area contributed by atoms with Gasteiger partial charge < -0.3 is 9.88 Å². The van der Waals surface area contributed by atoms with Gasteiger partial charge in [0, 0.05) is 18.5 Å². The Morgan fingerprint density at radius 3 is 2.80 bits per heavy atom. The van der Waals surface area contributed by atoms with Gasteiger partial charge in [-0.25, -0.2) is 0 Å². The Morgan fingerprint density at radius 2 is 2.20 bits per heavy atom. The molecule has 0 amide bonds. The van der Waals surface area contributed by atoms with Gasteiger partial charge in [-0.05, 0) is 26.3 Å². The fourth-order valence-corrected chi connectivity index (χ4v) is 2.28. The molecule has 0 aromatic carbocycles. The second kappa shape index (κ2) is 4.31. The molecule has 1 fully saturated rings. The minimum absolute atomic E-state index is 0.452. The summed E-state index contributed by atoms with van der Waals surface area (Å²) in [7, 11) is 0. The maximum atomic E-state index is 4.28. The zero-order valence-electron chi connectivity index (χ0n) is 9.82. The predicted molar refractivity (Wildman–Crippen MR) is 60.0 cm³/mol. The normalized spacial score (nSPS) is 22.3. The van der Waals surface area contributed by atoms with Gasteiger partial charge in [0.2, 0.25) is 0 Å². The molecule has 0 bridgehead atoms. The van der Waals surface area contributed by atoms with Crippen LogP contribution in [0, 0.1) is 6.92 Å². The number of nitrogens with one attached hydrogen (secondary N) is 1. The van der Waals surface area contributed by atoms with Gasteiger partial charge in [-0.2, -0.15) is 0 Å². The molecule has 4 nitrogen and oxygen atoms in total. The standard InChI is InChI=1S/C11H20N4/c1-8(2)11-14-13-9(3)15(11)10-5-4-6-12-7-10/h8,10,12H,4-7H2,1-3H3. The maximum Gasteiger partial charge on any atom is 0.135 e. The SMILES string of the molecule is Cc1nnc(C(C)C)n1C1CCCNC1. The Balaban J connectivity index is 2.28. The first-order chi connectivity index (χ1) is 7.20. The number of aryl methyl sites for hydroxylation is 1. The summed E-state index contributed by atoms with van der Waals surface area (Å²) in [6.07, 6.45) is 2.49. The van der Waals surface area contributed by atoms with Gasteiger partial charge in [-0.1, -0.05) is 13.8 Å². The minimum atomic E-state index is 0.452. The van der Waals surface area contributed by atoms with E-state index < -0.39 is 0 Å². The van der Waals surface area contributed by atoms with Crippen LogP contribution in [0.1, 0.15) is 50.3 Å². The minimum Gasteiger partial charge on any atom is -0.315 e. The summed E-state index contributed by atoms with van der Waals surface area (Å²) in [6.45, 7) is 8.60. The third kappa shape index (κ3) is 2.04. The van der Waals surface area contributed by atoms with Crippen LogP contribution in [-0.2, 0) is 0 Å². The van der Waals surface area contributed by atoms with Crippen molar-refractivity contribution in [1.29, 1.82) is 0 Å². The molecule has 4 heteroatoms. The van der Waals surface area contributed by atoms with Crippen LogP contribution in [0.4, 0.5) is 0 Å². The lowest BCUT2D eigenvalue weighted by molar-refractivity contribution is 0.355. The smallest absolute Gasteiger partial charge is 0.135 e. The van der Waals surface area contributed by atoms with E-state index in [1.54, 1.807) is 0 Å². The molecular formula is C11H20N4. The molecule has 0 spiro atoms. The third-order valence-corrected chi connectivity index (χ3v) is 3.05. The highest BCUT2D eigenvalue weighted by atomic mass is 15.3. The highest BCUT2D eigenvalue weighted by Gasteiger charge is 2.21. The molecule has 1 aliphatic rings. The summed E-state index contributed by atoms with van der Waals surface area (Å²) in [6, 6.07) is 0.547. The molecular weight excluding hydrogens is 188 g/mol. The lowest BCUT2D eigenvalue weighted by atomic mass is 10.1. The van der Waals surface area contributed by atoms with E-state index >= 15 is 0 Å². The monoisotopic (exact) mass is 208 g/mol. The van der Waals surface area contributed by atoms with E-state index in [0.29, 0.717) is 12.0 Å². The van der Waals surface area contributed by atoms with Crippen molar-refractivity contribution in [3.63, 3.8) is 0 Å². The Hall–Kier alpha value is -0.900. The molecule has 2 heterocycles. The first-order valence-corrected chi connectivity index (χ1v) is 5.82. The fraction of sp³-hybridized carbons (Fsp3) is 0.818. The molecule has 1 aromatic rings. The van der Waals surface area contributed by atoms with E-state index in [2.05, 4.69) is 33.9 Å². The van der Waals surface area contributed by atoms with Crippen LogP contribution in [0.25, 0.3) is 0 Å². The van der Waals surface area contributed by atoms with Crippen molar-refractivity contribution in [1.82, 2.24) is 20.1 Å². The van der Waals surface area contributed by atoms with Gasteiger partial charge in [0.1, 0.15) is 11.6 Å². The fourth-order valence-electron chi connectivity index (χ4n) is 2.28. The van der Waals surface area contributed by atoms with E-state index in [0.717, 1.165) is 24.7 Å². The van der Waals surface area contributed by atoms with Crippen molar-refractivity contribution in [2.45, 2.75) is 45.6 Å². The van der Waals surface area contributed by atoms with Gasteiger partial charge in [-0.3, -0.25) is 0 Å². The summed E-state index contributed by atoms with van der Waals surface area (Å²) in [5, 5.41) is 11.9. The largest absolute Gasteiger partial charge is 0.315 e. The predicted octanol–water partition coefficient (Wildman–Crippen LogP) is 1.63. The number of nitrogens with zero attached hydrogens (tertiary/aromatic N) is 3. The van der Waals surface area contributed by atoms with Gasteiger partial charge in [-0.15, -0.1) is 10.2 Å². The zero-order chi connectivity index (χ0) is 10.8. The number of hydrogen-bond donors (Lipinski definition) is 1. The van der Waals surface area contributed by atoms with Gasteiger partial charge in [0.05, 0.1) is 0 Å². The van der Waals surface area contributed by atoms with Crippen LogP contribution in [0.15, 0.2) is 0 Å². The highest BCUT2D eigenvalue weighted by Crippen LogP contribution is 2.23. The van der Waals surface area contributed by atoms with Crippen molar-refractivity contribution in [2.24, 2.45) is 0 Å². The second-order valence-electron chi connectivity index (χ2n) is 4.63. The molecule has 0 aliphatic carbocycles. The zero-order valence-corrected chi connectivity index (χ0v) is 9.82. The Morgan fingerprint density at radius 1 is 1.40 bits per heavy atom. The van der Waals surface area contributed by atoms with Crippen LogP contribution in [-0.4, -0.2) is 27.9 Å². The van der Waals surface area contributed by atoms with Crippen LogP contribution in [0.3, 0.4) is 0 Å². The van der Waals surface area contributed by atoms with Gasteiger partial charge in [0.25, 0.3) is 0 Å². The van der Waals surface area contributed by atoms with Crippen molar-refractivity contribution in [3.8, 4) is 0 Å². The lowest BCUT2D eigenvalue weighted by Crippen LogP contribution is -2.33. The molecule has 1 aromatic heterocycles. The molecule has 1 unspecified atom stereocenters. The number of rotatable bonds is 2. The summed E-state index contributed by atoms with van der Waals surface area (Å²) in [5.41, 5.74) is 0. The Kier molecular flexibility index (Phi) is 3.05. The highest BCUT2D eigenvalue weighted by molar-refractivity contribution is 5.02. The maximum absolute atomic E-state index is 4.28. The van der Waals surface area contributed by atoms with E-state index in [-0.39, 0.29) is 0 Å². The molecule has 84 valence electrons. The lowest BCUT2D eigenvalue weighted by Gasteiger charge is -2.26. The third-order valence-electron chi connectivity index (χ3n) is 3.05. The molecule has 0 radical (unpaired) electrons. The molecule has 15 heavy (non-hydrogen) atoms. The summed E-state index contributed by atoms with van der Waals surface area (Å²) in [5.74, 6) is 2.63. The Bertz CT molecular complexity index is 323. The van der Waals surface area contributed by atoms with Gasteiger partial charge in [0.15, 0.2) is 0 Å². The number of hydrogen-bond acceptors (Lipinski definition) is 3. The van der Waals surface area contributed by atoms with E-state index in [1.165, 1.54) is 12.8 Å². The molecule has 1 saturated heterocycles. The van der Waals surface area contributed by atoms with Crippen LogP contribution < -0.4 is 5.32 Å². The molecule has 2 rings (SSSR count). The van der Waals surface area contributed by atoms with Crippen molar-refractivity contribution < 1.29 is 0 Å². The average molecular weight is 208 g/mol. The summed E-state index contributed by atoms with van der Waals surface area (Å²) >= 11 is 0. The van der Waals surface area contributed by atoms with Crippen LogP contribution in [0.5, 0.6) is 0 Å². The van der Waals surface area contributed by atoms with Crippen LogP contribution >= 0.6 is 0 Å². The molecule has 1 atom stereocenters. The average Bonchev–Trinajstić information content (AvgIpc) is 2.61. The molecule has 1 aliphatic heterocycles. The first-order valence-electron chi connectivity index (χ1n) is 5.82. The van der Waals surface area contributed by atoms with Crippen molar-refractivity contribution >= 4 is 0 Å². The van der Waals surface area contributed by atoms with E-state index in [9.17, 15) is 0 Å². The first kappa shape index (κ1) is 10.6. The van der Waals surface area contributed by atoms with E-state index in [4.69, 9.17) is 0 Å². The quantitative estimate of drug-likeness (QED) is 0.803. The topological polar surface area (TPSA) is 42.7 Å². The molecule has 1 N–H and O–H groups in total. The summed E-state index contributed by atoms with van der Waals surface area (Å²) in [4.78, 5) is 0.